The zero-order valence-electron chi connectivity index (χ0n) is 9.43. The highest BCUT2D eigenvalue weighted by molar-refractivity contribution is 5.95. The molecule has 17 heavy (non-hydrogen) atoms. The van der Waals surface area contributed by atoms with E-state index in [1.54, 1.807) is 24.3 Å². The van der Waals surface area contributed by atoms with Gasteiger partial charge in [0.05, 0.1) is 18.1 Å². The molecule has 1 aromatic carbocycles. The molecule has 1 amide bonds. The van der Waals surface area contributed by atoms with Crippen molar-refractivity contribution in [3.63, 3.8) is 0 Å². The highest BCUT2D eigenvalue weighted by Gasteiger charge is 2.17. The van der Waals surface area contributed by atoms with E-state index in [0.29, 0.717) is 11.0 Å². The van der Waals surface area contributed by atoms with Crippen molar-refractivity contribution < 1.29 is 14.3 Å². The Morgan fingerprint density at radius 3 is 2.71 bits per heavy atom. The summed E-state index contributed by atoms with van der Waals surface area (Å²) in [5.41, 5.74) is 1.20. The molecule has 0 saturated heterocycles. The van der Waals surface area contributed by atoms with E-state index in [1.807, 2.05) is 0 Å². The highest BCUT2D eigenvalue weighted by Crippen LogP contribution is 2.19. The first-order chi connectivity index (χ1) is 8.13. The van der Waals surface area contributed by atoms with Gasteiger partial charge in [-0.15, -0.1) is 0 Å². The van der Waals surface area contributed by atoms with E-state index in [1.165, 1.54) is 18.6 Å². The van der Waals surface area contributed by atoms with Crippen LogP contribution in [0.15, 0.2) is 24.3 Å². The Labute approximate surface area is 97.2 Å². The third-order valence-corrected chi connectivity index (χ3v) is 2.21. The summed E-state index contributed by atoms with van der Waals surface area (Å²) >= 11 is 0. The largest absolute Gasteiger partial charge is 0.452 e. The van der Waals surface area contributed by atoms with Crippen molar-refractivity contribution in [2.45, 2.75) is 6.92 Å². The second-order valence-corrected chi connectivity index (χ2v) is 3.41. The Morgan fingerprint density at radius 2 is 2.06 bits per heavy atom. The SMILES string of the molecule is COC(=O)n1c(NC(C)=O)nc2ccccc21. The van der Waals surface area contributed by atoms with E-state index in [2.05, 4.69) is 15.0 Å². The van der Waals surface area contributed by atoms with Crippen molar-refractivity contribution in [3.8, 4) is 0 Å². The summed E-state index contributed by atoms with van der Waals surface area (Å²) in [6.45, 7) is 1.35. The molecule has 88 valence electrons. The molecule has 2 aromatic rings. The minimum absolute atomic E-state index is 0.158. The zero-order valence-corrected chi connectivity index (χ0v) is 9.43. The average molecular weight is 233 g/mol. The van der Waals surface area contributed by atoms with Crippen molar-refractivity contribution in [1.29, 1.82) is 0 Å². The molecule has 1 aromatic heterocycles. The number of carbonyl (C=O) groups is 2. The number of imidazole rings is 1. The van der Waals surface area contributed by atoms with Crippen LogP contribution in [-0.2, 0) is 9.53 Å². The number of methoxy groups -OCH3 is 1. The van der Waals surface area contributed by atoms with Gasteiger partial charge >= 0.3 is 6.09 Å². The predicted molar refractivity (Wildman–Crippen MR) is 61.8 cm³/mol. The highest BCUT2D eigenvalue weighted by atomic mass is 16.5. The number of ether oxygens (including phenoxy) is 1. The maximum absolute atomic E-state index is 11.6. The maximum Gasteiger partial charge on any atom is 0.421 e. The van der Waals surface area contributed by atoms with Crippen LogP contribution in [-0.4, -0.2) is 28.7 Å². The number of fused-ring (bicyclic) bond motifs is 1. The van der Waals surface area contributed by atoms with Gasteiger partial charge in [0.25, 0.3) is 0 Å². The van der Waals surface area contributed by atoms with Crippen molar-refractivity contribution in [2.75, 3.05) is 12.4 Å². The van der Waals surface area contributed by atoms with Crippen LogP contribution in [0.4, 0.5) is 10.7 Å². The van der Waals surface area contributed by atoms with Crippen LogP contribution >= 0.6 is 0 Å². The number of nitrogens with one attached hydrogen (secondary N) is 1. The Bertz CT molecular complexity index is 589. The van der Waals surface area contributed by atoms with Gasteiger partial charge in [-0.05, 0) is 12.1 Å². The lowest BCUT2D eigenvalue weighted by atomic mass is 10.3. The Morgan fingerprint density at radius 1 is 1.35 bits per heavy atom. The molecule has 0 aliphatic heterocycles. The molecule has 0 atom stereocenters. The van der Waals surface area contributed by atoms with Crippen LogP contribution in [0.25, 0.3) is 11.0 Å². The van der Waals surface area contributed by atoms with Gasteiger partial charge in [0.2, 0.25) is 11.9 Å². The topological polar surface area (TPSA) is 73.2 Å². The maximum atomic E-state index is 11.6. The lowest BCUT2D eigenvalue weighted by molar-refractivity contribution is -0.114. The Balaban J connectivity index is 2.64. The van der Waals surface area contributed by atoms with E-state index in [0.717, 1.165) is 0 Å². The molecular formula is C11H11N3O3. The first kappa shape index (κ1) is 11.1. The van der Waals surface area contributed by atoms with E-state index in [9.17, 15) is 9.59 Å². The van der Waals surface area contributed by atoms with Crippen molar-refractivity contribution in [1.82, 2.24) is 9.55 Å². The lowest BCUT2D eigenvalue weighted by Crippen LogP contribution is -2.17. The minimum Gasteiger partial charge on any atom is -0.452 e. The van der Waals surface area contributed by atoms with Crippen LogP contribution < -0.4 is 5.32 Å². The third kappa shape index (κ3) is 1.96. The molecule has 0 bridgehead atoms. The van der Waals surface area contributed by atoms with Gasteiger partial charge in [0.1, 0.15) is 0 Å². The molecule has 1 N–H and O–H groups in total. The third-order valence-electron chi connectivity index (χ3n) is 2.21. The second-order valence-electron chi connectivity index (χ2n) is 3.41. The summed E-state index contributed by atoms with van der Waals surface area (Å²) in [6.07, 6.45) is -0.595. The molecule has 0 saturated carbocycles. The number of nitrogens with zero attached hydrogens (tertiary/aromatic N) is 2. The number of para-hydroxylation sites is 2. The van der Waals surface area contributed by atoms with E-state index < -0.39 is 6.09 Å². The number of hydrogen-bond acceptors (Lipinski definition) is 4. The molecule has 1 heterocycles. The number of amides is 1. The summed E-state index contributed by atoms with van der Waals surface area (Å²) in [7, 11) is 1.27. The Kier molecular flexibility index (Phi) is 2.78. The van der Waals surface area contributed by atoms with E-state index >= 15 is 0 Å². The molecule has 0 aliphatic carbocycles. The number of carbonyl (C=O) groups excluding carboxylic acids is 2. The smallest absolute Gasteiger partial charge is 0.421 e. The summed E-state index contributed by atoms with van der Waals surface area (Å²) in [4.78, 5) is 26.8. The Hall–Kier alpha value is -2.37. The molecule has 2 rings (SSSR count). The first-order valence-electron chi connectivity index (χ1n) is 4.97. The molecule has 0 radical (unpaired) electrons. The van der Waals surface area contributed by atoms with Gasteiger partial charge in [0, 0.05) is 6.92 Å². The average Bonchev–Trinajstić information content (AvgIpc) is 2.65. The number of anilines is 1. The fourth-order valence-electron chi connectivity index (χ4n) is 1.54. The van der Waals surface area contributed by atoms with Crippen LogP contribution in [0.5, 0.6) is 0 Å². The number of rotatable bonds is 1. The standard InChI is InChI=1S/C11H11N3O3/c1-7(15)12-10-13-8-5-3-4-6-9(8)14(10)11(16)17-2/h3-6H,1-2H3,(H,12,13,15). The predicted octanol–water partition coefficient (Wildman–Crippen LogP) is 1.61. The quantitative estimate of drug-likeness (QED) is 0.812. The van der Waals surface area contributed by atoms with Gasteiger partial charge < -0.3 is 4.74 Å². The molecule has 6 nitrogen and oxygen atoms in total. The summed E-state index contributed by atoms with van der Waals surface area (Å²) < 4.78 is 5.88. The van der Waals surface area contributed by atoms with Gasteiger partial charge in [-0.3, -0.25) is 10.1 Å². The molecule has 0 fully saturated rings. The molecular weight excluding hydrogens is 222 g/mol. The monoisotopic (exact) mass is 233 g/mol. The number of aromatic nitrogens is 2. The van der Waals surface area contributed by atoms with Crippen LogP contribution in [0.1, 0.15) is 6.92 Å². The number of hydrogen-bond donors (Lipinski definition) is 1. The van der Waals surface area contributed by atoms with Crippen LogP contribution in [0.3, 0.4) is 0 Å². The lowest BCUT2D eigenvalue weighted by Gasteiger charge is -2.05. The van der Waals surface area contributed by atoms with Gasteiger partial charge in [-0.1, -0.05) is 12.1 Å². The summed E-state index contributed by atoms with van der Waals surface area (Å²) in [6, 6.07) is 7.06. The molecule has 0 spiro atoms. The first-order valence-corrected chi connectivity index (χ1v) is 4.97. The van der Waals surface area contributed by atoms with Crippen molar-refractivity contribution in [3.05, 3.63) is 24.3 Å². The van der Waals surface area contributed by atoms with Crippen LogP contribution in [0.2, 0.25) is 0 Å². The normalized spacial score (nSPS) is 10.2. The van der Waals surface area contributed by atoms with Gasteiger partial charge in [-0.25, -0.2) is 14.3 Å². The molecule has 0 unspecified atom stereocenters. The fourth-order valence-corrected chi connectivity index (χ4v) is 1.54. The zero-order chi connectivity index (χ0) is 12.4. The minimum atomic E-state index is -0.595. The molecule has 6 heteroatoms. The van der Waals surface area contributed by atoms with E-state index in [-0.39, 0.29) is 11.9 Å². The van der Waals surface area contributed by atoms with Gasteiger partial charge in [0.15, 0.2) is 0 Å². The van der Waals surface area contributed by atoms with Gasteiger partial charge in [-0.2, -0.15) is 0 Å². The molecule has 0 aliphatic rings. The van der Waals surface area contributed by atoms with Crippen molar-refractivity contribution in [2.24, 2.45) is 0 Å². The van der Waals surface area contributed by atoms with E-state index in [4.69, 9.17) is 0 Å². The summed E-state index contributed by atoms with van der Waals surface area (Å²) in [5, 5.41) is 2.49. The fraction of sp³-hybridized carbons (Fsp3) is 0.182. The summed E-state index contributed by atoms with van der Waals surface area (Å²) in [5.74, 6) is -0.143. The van der Waals surface area contributed by atoms with Crippen LogP contribution in [0, 0.1) is 0 Å². The number of benzene rings is 1. The van der Waals surface area contributed by atoms with Crippen molar-refractivity contribution >= 4 is 29.0 Å². The second kappa shape index (κ2) is 4.25.